The number of aromatic nitrogens is 2. The number of halogens is 6. The molecular formula is C21H21F6N3OS. The van der Waals surface area contributed by atoms with Crippen molar-refractivity contribution in [3.8, 4) is 0 Å². The first kappa shape index (κ1) is 23.0. The molecule has 1 aromatic heterocycles. The van der Waals surface area contributed by atoms with Gasteiger partial charge in [-0.05, 0) is 42.7 Å². The van der Waals surface area contributed by atoms with Crippen molar-refractivity contribution in [2.45, 2.75) is 61.8 Å². The second kappa shape index (κ2) is 7.43. The Hall–Kier alpha value is -2.17. The van der Waals surface area contributed by atoms with Gasteiger partial charge in [0.05, 0.1) is 0 Å². The molecule has 0 unspecified atom stereocenters. The molecular weight excluding hydrogens is 456 g/mol. The van der Waals surface area contributed by atoms with Crippen LogP contribution in [-0.4, -0.2) is 27.9 Å². The second-order valence-electron chi connectivity index (χ2n) is 8.90. The van der Waals surface area contributed by atoms with Gasteiger partial charge in [-0.2, -0.15) is 18.3 Å². The van der Waals surface area contributed by atoms with Crippen LogP contribution in [0.25, 0.3) is 0 Å². The second-order valence-corrected chi connectivity index (χ2v) is 9.78. The number of nitrogens with zero attached hydrogens (tertiary/aromatic N) is 2. The van der Waals surface area contributed by atoms with Crippen LogP contribution in [0.15, 0.2) is 29.2 Å². The Morgan fingerprint density at radius 2 is 1.88 bits per heavy atom. The van der Waals surface area contributed by atoms with E-state index in [1.807, 2.05) is 0 Å². The van der Waals surface area contributed by atoms with E-state index in [2.05, 4.69) is 10.4 Å². The number of hydrogen-bond donors (Lipinski definition) is 1. The third kappa shape index (κ3) is 4.35. The number of amides is 1. The van der Waals surface area contributed by atoms with E-state index in [-0.39, 0.29) is 25.1 Å². The van der Waals surface area contributed by atoms with Crippen molar-refractivity contribution in [2.24, 2.45) is 5.41 Å². The highest BCUT2D eigenvalue weighted by molar-refractivity contribution is 7.98. The first-order valence-corrected chi connectivity index (χ1v) is 11.2. The first-order chi connectivity index (χ1) is 14.8. The molecule has 0 atom stereocenters. The Labute approximate surface area is 184 Å². The topological polar surface area (TPSA) is 46.9 Å². The quantitative estimate of drug-likeness (QED) is 0.394. The largest absolute Gasteiger partial charge is 0.420 e. The van der Waals surface area contributed by atoms with Gasteiger partial charge >= 0.3 is 6.18 Å². The number of rotatable bonds is 6. The summed E-state index contributed by atoms with van der Waals surface area (Å²) in [7, 11) is 0. The average molecular weight is 477 g/mol. The number of benzene rings is 1. The van der Waals surface area contributed by atoms with E-state index < -0.39 is 58.9 Å². The zero-order chi connectivity index (χ0) is 23.5. The molecule has 0 aliphatic heterocycles. The van der Waals surface area contributed by atoms with Crippen LogP contribution < -0.4 is 5.32 Å². The van der Waals surface area contributed by atoms with Crippen molar-refractivity contribution >= 4 is 23.4 Å². The predicted octanol–water partition coefficient (Wildman–Crippen LogP) is 6.27. The Morgan fingerprint density at radius 3 is 2.41 bits per heavy atom. The molecule has 0 bridgehead atoms. The molecule has 0 saturated heterocycles. The molecule has 174 valence electrons. The lowest BCUT2D eigenvalue weighted by Crippen LogP contribution is -2.47. The van der Waals surface area contributed by atoms with Gasteiger partial charge in [0.1, 0.15) is 17.0 Å². The van der Waals surface area contributed by atoms with E-state index in [1.165, 1.54) is 24.8 Å². The fourth-order valence-corrected chi connectivity index (χ4v) is 4.76. The fourth-order valence-electron chi connectivity index (χ4n) is 4.30. The van der Waals surface area contributed by atoms with Gasteiger partial charge in [-0.1, -0.05) is 13.0 Å². The van der Waals surface area contributed by atoms with Gasteiger partial charge in [-0.15, -0.1) is 11.8 Å². The number of carbonyl (C=O) groups excluding carboxylic acids is 1. The summed E-state index contributed by atoms with van der Waals surface area (Å²) < 4.78 is 84.6. The van der Waals surface area contributed by atoms with Crippen LogP contribution in [0.3, 0.4) is 0 Å². The molecule has 2 fully saturated rings. The number of nitrogens with one attached hydrogen (secondary N) is 1. The van der Waals surface area contributed by atoms with Crippen LogP contribution in [-0.2, 0) is 18.4 Å². The van der Waals surface area contributed by atoms with E-state index in [4.69, 9.17) is 0 Å². The predicted molar refractivity (Wildman–Crippen MR) is 108 cm³/mol. The van der Waals surface area contributed by atoms with Crippen molar-refractivity contribution in [1.82, 2.24) is 9.78 Å². The lowest BCUT2D eigenvalue weighted by atomic mass is 9.67. The van der Waals surface area contributed by atoms with Crippen LogP contribution in [0.2, 0.25) is 0 Å². The molecule has 0 spiro atoms. The van der Waals surface area contributed by atoms with E-state index in [0.29, 0.717) is 0 Å². The molecule has 4 nitrogen and oxygen atoms in total. The third-order valence-corrected chi connectivity index (χ3v) is 6.52. The summed E-state index contributed by atoms with van der Waals surface area (Å²) in [4.78, 5) is 13.8. The normalized spacial score (nSPS) is 20.5. The maximum Gasteiger partial charge on any atom is 0.420 e. The molecule has 32 heavy (non-hydrogen) atoms. The van der Waals surface area contributed by atoms with E-state index in [9.17, 15) is 31.1 Å². The zero-order valence-electron chi connectivity index (χ0n) is 17.3. The van der Waals surface area contributed by atoms with E-state index in [1.54, 1.807) is 24.5 Å². The van der Waals surface area contributed by atoms with Crippen LogP contribution in [0.4, 0.5) is 32.0 Å². The molecule has 0 radical (unpaired) electrons. The summed E-state index contributed by atoms with van der Waals surface area (Å²) in [5.41, 5.74) is -6.21. The van der Waals surface area contributed by atoms with Gasteiger partial charge in [0.2, 0.25) is 5.92 Å². The lowest BCUT2D eigenvalue weighted by Gasteiger charge is -2.44. The minimum atomic E-state index is -5.05. The number of anilines is 1. The molecule has 1 heterocycles. The zero-order valence-corrected chi connectivity index (χ0v) is 18.1. The van der Waals surface area contributed by atoms with Crippen molar-refractivity contribution in [2.75, 3.05) is 11.6 Å². The summed E-state index contributed by atoms with van der Waals surface area (Å²) in [6.45, 7) is 1.14. The smallest absolute Gasteiger partial charge is 0.321 e. The van der Waals surface area contributed by atoms with Crippen LogP contribution in [0.5, 0.6) is 0 Å². The molecule has 1 aromatic carbocycles. The summed E-state index contributed by atoms with van der Waals surface area (Å²) in [6.07, 6.45) is -4.62. The van der Waals surface area contributed by atoms with Crippen molar-refractivity contribution in [3.05, 3.63) is 41.2 Å². The first-order valence-electron chi connectivity index (χ1n) is 9.96. The van der Waals surface area contributed by atoms with E-state index in [0.717, 1.165) is 9.58 Å². The van der Waals surface area contributed by atoms with Crippen molar-refractivity contribution < 1.29 is 31.1 Å². The SMILES string of the molecule is CSc1cccc(NC(=O)c2c(C(F)(F)F)c(C3(F)CC3)nn2CC2(C)CC(F)(F)C2)c1. The summed E-state index contributed by atoms with van der Waals surface area (Å²) in [5, 5.41) is 6.26. The molecule has 4 rings (SSSR count). The number of alkyl halides is 6. The fraction of sp³-hybridized carbons (Fsp3) is 0.524. The Kier molecular flexibility index (Phi) is 5.34. The van der Waals surface area contributed by atoms with Gasteiger partial charge in [0.15, 0.2) is 5.67 Å². The van der Waals surface area contributed by atoms with Gasteiger partial charge < -0.3 is 5.32 Å². The van der Waals surface area contributed by atoms with Gasteiger partial charge in [-0.3, -0.25) is 9.48 Å². The van der Waals surface area contributed by atoms with Gasteiger partial charge in [0.25, 0.3) is 5.91 Å². The third-order valence-electron chi connectivity index (χ3n) is 5.79. The molecule has 2 aromatic rings. The number of thioether (sulfide) groups is 1. The molecule has 11 heteroatoms. The molecule has 2 aliphatic rings. The van der Waals surface area contributed by atoms with Crippen LogP contribution >= 0.6 is 11.8 Å². The Bertz CT molecular complexity index is 1050. The van der Waals surface area contributed by atoms with E-state index >= 15 is 0 Å². The minimum Gasteiger partial charge on any atom is -0.321 e. The number of carbonyl (C=O) groups is 1. The molecule has 1 N–H and O–H groups in total. The molecule has 2 aliphatic carbocycles. The summed E-state index contributed by atoms with van der Waals surface area (Å²) >= 11 is 1.38. The lowest BCUT2D eigenvalue weighted by molar-refractivity contribution is -0.160. The maximum atomic E-state index is 14.8. The highest BCUT2D eigenvalue weighted by Crippen LogP contribution is 2.55. The summed E-state index contributed by atoms with van der Waals surface area (Å²) in [5.74, 6) is -4.04. The van der Waals surface area contributed by atoms with Crippen molar-refractivity contribution in [1.29, 1.82) is 0 Å². The standard InChI is InChI=1S/C21H21F6N3OS/c1-18(9-20(23,24)10-18)11-30-15(17(31)28-12-4-3-5-13(8-12)32-2)14(21(25,26)27)16(29-30)19(22)6-7-19/h3-5,8H,6-7,9-11H2,1-2H3,(H,28,31). The maximum absolute atomic E-state index is 14.8. The monoisotopic (exact) mass is 477 g/mol. The van der Waals surface area contributed by atoms with Crippen LogP contribution in [0, 0.1) is 5.41 Å². The highest BCUT2D eigenvalue weighted by Gasteiger charge is 2.57. The average Bonchev–Trinajstić information content (AvgIpc) is 3.27. The van der Waals surface area contributed by atoms with Gasteiger partial charge in [-0.25, -0.2) is 13.2 Å². The molecule has 1 amide bonds. The Morgan fingerprint density at radius 1 is 1.22 bits per heavy atom. The highest BCUT2D eigenvalue weighted by atomic mass is 32.2. The van der Waals surface area contributed by atoms with Crippen LogP contribution in [0.1, 0.15) is 54.4 Å². The van der Waals surface area contributed by atoms with Gasteiger partial charge in [0, 0.05) is 30.0 Å². The number of hydrogen-bond acceptors (Lipinski definition) is 3. The van der Waals surface area contributed by atoms with Crippen molar-refractivity contribution in [3.63, 3.8) is 0 Å². The summed E-state index contributed by atoms with van der Waals surface area (Å²) in [6, 6.07) is 6.50. The minimum absolute atomic E-state index is 0.140. The molecule has 2 saturated carbocycles. The Balaban J connectivity index is 1.77.